The predicted molar refractivity (Wildman–Crippen MR) is 114 cm³/mol. The van der Waals surface area contributed by atoms with Gasteiger partial charge in [0.1, 0.15) is 5.75 Å². The highest BCUT2D eigenvalue weighted by Gasteiger charge is 2.11. The SMILES string of the molecule is CCOc1ccc(C(=O)NCc2ccc(OCCC(C)C)c(OC)c2)cc1Br. The molecule has 0 spiro atoms. The topological polar surface area (TPSA) is 56.8 Å². The van der Waals surface area contributed by atoms with E-state index in [0.29, 0.717) is 42.7 Å². The molecule has 0 unspecified atom stereocenters. The lowest BCUT2D eigenvalue weighted by Gasteiger charge is -2.13. The summed E-state index contributed by atoms with van der Waals surface area (Å²) < 4.78 is 17.5. The van der Waals surface area contributed by atoms with E-state index >= 15 is 0 Å². The molecule has 0 aliphatic carbocycles. The van der Waals surface area contributed by atoms with E-state index in [1.54, 1.807) is 25.3 Å². The summed E-state index contributed by atoms with van der Waals surface area (Å²) >= 11 is 3.43. The van der Waals surface area contributed by atoms with Crippen LogP contribution in [0, 0.1) is 5.92 Å². The lowest BCUT2D eigenvalue weighted by Crippen LogP contribution is -2.22. The minimum atomic E-state index is -0.153. The molecule has 2 aromatic carbocycles. The molecule has 0 aliphatic heterocycles. The van der Waals surface area contributed by atoms with Crippen LogP contribution < -0.4 is 19.5 Å². The van der Waals surface area contributed by atoms with Crippen molar-refractivity contribution in [2.75, 3.05) is 20.3 Å². The summed E-state index contributed by atoms with van der Waals surface area (Å²) in [6.07, 6.45) is 0.985. The van der Waals surface area contributed by atoms with Crippen LogP contribution in [-0.4, -0.2) is 26.2 Å². The van der Waals surface area contributed by atoms with Gasteiger partial charge in [-0.3, -0.25) is 4.79 Å². The lowest BCUT2D eigenvalue weighted by molar-refractivity contribution is 0.0950. The molecule has 0 heterocycles. The summed E-state index contributed by atoms with van der Waals surface area (Å²) in [7, 11) is 1.62. The molecule has 2 aromatic rings. The average Bonchev–Trinajstić information content (AvgIpc) is 2.68. The number of ether oxygens (including phenoxy) is 3. The van der Waals surface area contributed by atoms with E-state index in [9.17, 15) is 4.79 Å². The van der Waals surface area contributed by atoms with Crippen LogP contribution in [0.3, 0.4) is 0 Å². The van der Waals surface area contributed by atoms with Crippen molar-refractivity contribution >= 4 is 21.8 Å². The fraction of sp³-hybridized carbons (Fsp3) is 0.409. The molecule has 1 amide bonds. The van der Waals surface area contributed by atoms with E-state index in [1.165, 1.54) is 0 Å². The molecule has 152 valence electrons. The summed E-state index contributed by atoms with van der Waals surface area (Å²) in [6, 6.07) is 11.0. The Labute approximate surface area is 175 Å². The van der Waals surface area contributed by atoms with E-state index in [2.05, 4.69) is 35.1 Å². The first-order valence-electron chi connectivity index (χ1n) is 9.44. The zero-order valence-corrected chi connectivity index (χ0v) is 18.5. The summed E-state index contributed by atoms with van der Waals surface area (Å²) in [5, 5.41) is 2.93. The summed E-state index contributed by atoms with van der Waals surface area (Å²) in [4.78, 5) is 12.4. The first-order valence-corrected chi connectivity index (χ1v) is 10.2. The molecule has 0 atom stereocenters. The molecule has 0 fully saturated rings. The van der Waals surface area contributed by atoms with Gasteiger partial charge in [0.05, 0.1) is 24.8 Å². The molecule has 2 rings (SSSR count). The van der Waals surface area contributed by atoms with Crippen molar-refractivity contribution in [3.8, 4) is 17.2 Å². The molecule has 0 bridgehead atoms. The van der Waals surface area contributed by atoms with Crippen LogP contribution in [0.2, 0.25) is 0 Å². The number of hydrogen-bond donors (Lipinski definition) is 1. The van der Waals surface area contributed by atoms with Crippen molar-refractivity contribution < 1.29 is 19.0 Å². The minimum Gasteiger partial charge on any atom is -0.493 e. The fourth-order valence-corrected chi connectivity index (χ4v) is 3.04. The van der Waals surface area contributed by atoms with Crippen LogP contribution >= 0.6 is 15.9 Å². The first kappa shape index (κ1) is 22.1. The van der Waals surface area contributed by atoms with E-state index in [0.717, 1.165) is 22.2 Å². The van der Waals surface area contributed by atoms with E-state index in [1.807, 2.05) is 25.1 Å². The third-order valence-electron chi connectivity index (χ3n) is 4.13. The molecular weight excluding hydrogens is 422 g/mol. The molecule has 28 heavy (non-hydrogen) atoms. The molecule has 0 aromatic heterocycles. The van der Waals surface area contributed by atoms with E-state index in [4.69, 9.17) is 14.2 Å². The fourth-order valence-electron chi connectivity index (χ4n) is 2.54. The van der Waals surface area contributed by atoms with Crippen LogP contribution in [-0.2, 0) is 6.54 Å². The first-order chi connectivity index (χ1) is 13.4. The Bertz CT molecular complexity index is 792. The number of benzene rings is 2. The lowest BCUT2D eigenvalue weighted by atomic mass is 10.1. The standard InChI is InChI=1S/C22H28BrNO4/c1-5-27-19-9-7-17(13-18(19)23)22(25)24-14-16-6-8-20(21(12-16)26-4)28-11-10-15(2)3/h6-9,12-13,15H,5,10-11,14H2,1-4H3,(H,24,25). The number of rotatable bonds is 10. The Kier molecular flexibility index (Phi) is 8.64. The number of carbonyl (C=O) groups is 1. The average molecular weight is 450 g/mol. The van der Waals surface area contributed by atoms with E-state index in [-0.39, 0.29) is 5.91 Å². The number of methoxy groups -OCH3 is 1. The Balaban J connectivity index is 1.98. The van der Waals surface area contributed by atoms with Gasteiger partial charge in [0.15, 0.2) is 11.5 Å². The smallest absolute Gasteiger partial charge is 0.251 e. The second kappa shape index (κ2) is 11.0. The van der Waals surface area contributed by atoms with Gasteiger partial charge >= 0.3 is 0 Å². The number of hydrogen-bond acceptors (Lipinski definition) is 4. The summed E-state index contributed by atoms with van der Waals surface area (Å²) in [5.41, 5.74) is 1.50. The van der Waals surface area contributed by atoms with Crippen LogP contribution in [0.25, 0.3) is 0 Å². The van der Waals surface area contributed by atoms with Gasteiger partial charge in [-0.25, -0.2) is 0 Å². The third kappa shape index (κ3) is 6.44. The largest absolute Gasteiger partial charge is 0.493 e. The van der Waals surface area contributed by atoms with Crippen LogP contribution in [0.4, 0.5) is 0 Å². The summed E-state index contributed by atoms with van der Waals surface area (Å²) in [6.45, 7) is 7.86. The van der Waals surface area contributed by atoms with Crippen molar-refractivity contribution in [3.63, 3.8) is 0 Å². The molecule has 0 radical (unpaired) electrons. The Hall–Kier alpha value is -2.21. The molecular formula is C22H28BrNO4. The molecule has 0 saturated heterocycles. The quantitative estimate of drug-likeness (QED) is 0.540. The van der Waals surface area contributed by atoms with Gasteiger partial charge in [0.2, 0.25) is 0 Å². The van der Waals surface area contributed by atoms with Gasteiger partial charge < -0.3 is 19.5 Å². The Morgan fingerprint density at radius 2 is 1.82 bits per heavy atom. The number of halogens is 1. The molecule has 0 saturated carbocycles. The maximum atomic E-state index is 12.4. The maximum absolute atomic E-state index is 12.4. The van der Waals surface area contributed by atoms with E-state index < -0.39 is 0 Å². The summed E-state index contributed by atoms with van der Waals surface area (Å²) in [5.74, 6) is 2.54. The van der Waals surface area contributed by atoms with Gasteiger partial charge in [0, 0.05) is 12.1 Å². The zero-order valence-electron chi connectivity index (χ0n) is 16.9. The third-order valence-corrected chi connectivity index (χ3v) is 4.75. The highest BCUT2D eigenvalue weighted by Crippen LogP contribution is 2.29. The highest BCUT2D eigenvalue weighted by molar-refractivity contribution is 9.10. The normalized spacial score (nSPS) is 10.6. The van der Waals surface area contributed by atoms with Gasteiger partial charge in [-0.05, 0) is 71.1 Å². The number of amides is 1. The minimum absolute atomic E-state index is 0.153. The van der Waals surface area contributed by atoms with Gasteiger partial charge in [0.25, 0.3) is 5.91 Å². The maximum Gasteiger partial charge on any atom is 0.251 e. The number of carbonyl (C=O) groups excluding carboxylic acids is 1. The molecule has 6 heteroatoms. The van der Waals surface area contributed by atoms with Crippen LogP contribution in [0.15, 0.2) is 40.9 Å². The highest BCUT2D eigenvalue weighted by atomic mass is 79.9. The van der Waals surface area contributed by atoms with Crippen LogP contribution in [0.5, 0.6) is 17.2 Å². The number of nitrogens with one attached hydrogen (secondary N) is 1. The van der Waals surface area contributed by atoms with Crippen molar-refractivity contribution in [2.24, 2.45) is 5.92 Å². The van der Waals surface area contributed by atoms with Gasteiger partial charge in [-0.15, -0.1) is 0 Å². The second-order valence-corrected chi connectivity index (χ2v) is 7.63. The van der Waals surface area contributed by atoms with Crippen molar-refractivity contribution in [3.05, 3.63) is 52.0 Å². The Morgan fingerprint density at radius 3 is 2.46 bits per heavy atom. The van der Waals surface area contributed by atoms with Gasteiger partial charge in [-0.1, -0.05) is 19.9 Å². The van der Waals surface area contributed by atoms with Crippen molar-refractivity contribution in [1.29, 1.82) is 0 Å². The monoisotopic (exact) mass is 449 g/mol. The molecule has 0 aliphatic rings. The van der Waals surface area contributed by atoms with Gasteiger partial charge in [-0.2, -0.15) is 0 Å². The Morgan fingerprint density at radius 1 is 1.07 bits per heavy atom. The van der Waals surface area contributed by atoms with Crippen molar-refractivity contribution in [1.82, 2.24) is 5.32 Å². The molecule has 1 N–H and O–H groups in total. The zero-order chi connectivity index (χ0) is 20.5. The predicted octanol–water partition coefficient (Wildman–Crippen LogP) is 5.21. The van der Waals surface area contributed by atoms with Crippen molar-refractivity contribution in [2.45, 2.75) is 33.7 Å². The van der Waals surface area contributed by atoms with Crippen LogP contribution in [0.1, 0.15) is 43.1 Å². The second-order valence-electron chi connectivity index (χ2n) is 6.78. The molecule has 5 nitrogen and oxygen atoms in total.